The van der Waals surface area contributed by atoms with E-state index >= 15 is 0 Å². The third kappa shape index (κ3) is 3.49. The van der Waals surface area contributed by atoms with Crippen molar-refractivity contribution in [2.75, 3.05) is 0 Å². The molecule has 0 aliphatic carbocycles. The largest absolute Gasteiger partial charge is 0.141 e. The quantitative estimate of drug-likeness (QED) is 0.284. The Morgan fingerprint density at radius 2 is 1.06 bits per heavy atom. The van der Waals surface area contributed by atoms with Gasteiger partial charge < -0.3 is 0 Å². The molecule has 4 aromatic rings. The lowest BCUT2D eigenvalue weighted by molar-refractivity contribution is 0.563. The van der Waals surface area contributed by atoms with Gasteiger partial charge >= 0.3 is 0 Å². The summed E-state index contributed by atoms with van der Waals surface area (Å²) < 4.78 is 0. The van der Waals surface area contributed by atoms with Gasteiger partial charge in [-0.2, -0.15) is 0 Å². The van der Waals surface area contributed by atoms with Crippen LogP contribution >= 0.6 is 7.26 Å². The SMILES string of the molecule is CC1/C(=C(/c2ccccc2)C(C)(C)C)[P+](c2ccccc2)(c2ccccc2)c2ccccc21. The molecule has 0 saturated heterocycles. The summed E-state index contributed by atoms with van der Waals surface area (Å²) in [6, 6.07) is 42.9. The van der Waals surface area contributed by atoms with E-state index in [1.54, 1.807) is 5.31 Å². The van der Waals surface area contributed by atoms with Crippen LogP contribution < -0.4 is 15.9 Å². The second-order valence-corrected chi connectivity index (χ2v) is 13.3. The molecule has 1 heterocycles. The van der Waals surface area contributed by atoms with Crippen molar-refractivity contribution in [3.05, 3.63) is 132 Å². The van der Waals surface area contributed by atoms with Gasteiger partial charge in [0, 0.05) is 17.1 Å². The average molecular weight is 448 g/mol. The first-order valence-corrected chi connectivity index (χ1v) is 13.6. The highest BCUT2D eigenvalue weighted by molar-refractivity contribution is 7.99. The minimum absolute atomic E-state index is 0.00179. The fraction of sp³-hybridized carbons (Fsp3) is 0.188. The molecule has 164 valence electrons. The van der Waals surface area contributed by atoms with Gasteiger partial charge in [0.1, 0.15) is 23.2 Å². The lowest BCUT2D eigenvalue weighted by Gasteiger charge is -2.32. The minimum Gasteiger partial charge on any atom is -0.0622 e. The van der Waals surface area contributed by atoms with E-state index in [-0.39, 0.29) is 5.41 Å². The Kier molecular flexibility index (Phi) is 5.59. The summed E-state index contributed by atoms with van der Waals surface area (Å²) in [7, 11) is -2.05. The van der Waals surface area contributed by atoms with E-state index in [0.717, 1.165) is 0 Å². The molecule has 1 unspecified atom stereocenters. The molecule has 0 spiro atoms. The summed E-state index contributed by atoms with van der Waals surface area (Å²) in [4.78, 5) is 0. The zero-order valence-electron chi connectivity index (χ0n) is 20.0. The normalized spacial score (nSPS) is 18.6. The Bertz CT molecular complexity index is 1240. The van der Waals surface area contributed by atoms with Crippen LogP contribution in [-0.4, -0.2) is 0 Å². The summed E-state index contributed by atoms with van der Waals surface area (Å²) in [5, 5.41) is 6.02. The lowest BCUT2D eigenvalue weighted by atomic mass is 9.79. The summed E-state index contributed by atoms with van der Waals surface area (Å²) in [6.07, 6.45) is 0. The van der Waals surface area contributed by atoms with Crippen LogP contribution in [0, 0.1) is 5.41 Å². The van der Waals surface area contributed by atoms with Crippen LogP contribution in [0.2, 0.25) is 0 Å². The molecule has 0 saturated carbocycles. The van der Waals surface area contributed by atoms with E-state index in [9.17, 15) is 0 Å². The predicted octanol–water partition coefficient (Wildman–Crippen LogP) is 7.56. The molecule has 5 rings (SSSR count). The van der Waals surface area contributed by atoms with E-state index in [0.29, 0.717) is 5.92 Å². The van der Waals surface area contributed by atoms with Gasteiger partial charge in [-0.1, -0.05) is 113 Å². The molecule has 0 fully saturated rings. The minimum atomic E-state index is -2.05. The Morgan fingerprint density at radius 1 is 0.606 bits per heavy atom. The fourth-order valence-corrected chi connectivity index (χ4v) is 11.1. The monoisotopic (exact) mass is 447 g/mol. The first kappa shape index (κ1) is 21.9. The molecule has 1 atom stereocenters. The maximum absolute atomic E-state index is 2.43. The molecule has 0 bridgehead atoms. The van der Waals surface area contributed by atoms with Crippen LogP contribution in [0.25, 0.3) is 5.57 Å². The highest BCUT2D eigenvalue weighted by atomic mass is 31.2. The Morgan fingerprint density at radius 3 is 1.58 bits per heavy atom. The maximum atomic E-state index is 2.43. The molecule has 0 aromatic heterocycles. The van der Waals surface area contributed by atoms with Crippen LogP contribution in [-0.2, 0) is 0 Å². The number of fused-ring (bicyclic) bond motifs is 1. The molecular weight excluding hydrogens is 415 g/mol. The molecule has 4 aromatic carbocycles. The number of hydrogen-bond donors (Lipinski definition) is 0. The summed E-state index contributed by atoms with van der Waals surface area (Å²) >= 11 is 0. The molecule has 0 N–H and O–H groups in total. The standard InChI is InChI=1S/C32H32P/c1-24-28-22-14-15-23-29(28)33(26-18-10-6-11-19-26,27-20-12-7-13-21-27)31(24)30(32(2,3)4)25-16-8-5-9-17-25/h5-24H,1-4H3/q+1/b31-30+. The Labute approximate surface area is 199 Å². The topological polar surface area (TPSA) is 0 Å². The highest BCUT2D eigenvalue weighted by Crippen LogP contribution is 2.73. The third-order valence-electron chi connectivity index (χ3n) is 6.89. The van der Waals surface area contributed by atoms with E-state index in [1.165, 1.54) is 32.6 Å². The second-order valence-electron chi connectivity index (χ2n) is 10.00. The van der Waals surface area contributed by atoms with Crippen molar-refractivity contribution in [1.82, 2.24) is 0 Å². The predicted molar refractivity (Wildman–Crippen MR) is 146 cm³/mol. The van der Waals surface area contributed by atoms with E-state index < -0.39 is 7.26 Å². The molecule has 1 aliphatic heterocycles. The zero-order chi connectivity index (χ0) is 23.1. The van der Waals surface area contributed by atoms with Gasteiger partial charge in [-0.05, 0) is 41.3 Å². The van der Waals surface area contributed by atoms with E-state index in [4.69, 9.17) is 0 Å². The van der Waals surface area contributed by atoms with Gasteiger partial charge in [0.15, 0.2) is 0 Å². The van der Waals surface area contributed by atoms with Crippen LogP contribution in [0.5, 0.6) is 0 Å². The van der Waals surface area contributed by atoms with Crippen molar-refractivity contribution in [2.24, 2.45) is 5.41 Å². The smallest absolute Gasteiger partial charge is 0.0622 e. The Hall–Kier alpha value is -2.95. The maximum Gasteiger partial charge on any atom is 0.141 e. The zero-order valence-corrected chi connectivity index (χ0v) is 20.9. The van der Waals surface area contributed by atoms with E-state index in [2.05, 4.69) is 143 Å². The van der Waals surface area contributed by atoms with Crippen molar-refractivity contribution in [1.29, 1.82) is 0 Å². The van der Waals surface area contributed by atoms with Crippen molar-refractivity contribution in [3.8, 4) is 0 Å². The summed E-state index contributed by atoms with van der Waals surface area (Å²) in [5.74, 6) is 0.351. The number of allylic oxidation sites excluding steroid dienone is 2. The summed E-state index contributed by atoms with van der Waals surface area (Å²) in [5.41, 5.74) is 4.32. The van der Waals surface area contributed by atoms with Gasteiger partial charge in [-0.15, -0.1) is 0 Å². The van der Waals surface area contributed by atoms with Crippen molar-refractivity contribution >= 4 is 28.7 Å². The van der Waals surface area contributed by atoms with Gasteiger partial charge in [-0.25, -0.2) is 0 Å². The van der Waals surface area contributed by atoms with Crippen LogP contribution in [0.4, 0.5) is 0 Å². The first-order chi connectivity index (χ1) is 16.0. The fourth-order valence-electron chi connectivity index (χ4n) is 5.69. The first-order valence-electron chi connectivity index (χ1n) is 11.9. The van der Waals surface area contributed by atoms with Gasteiger partial charge in [0.05, 0.1) is 5.31 Å². The van der Waals surface area contributed by atoms with E-state index in [1.807, 2.05) is 0 Å². The number of hydrogen-bond acceptors (Lipinski definition) is 0. The molecule has 0 nitrogen and oxygen atoms in total. The van der Waals surface area contributed by atoms with Gasteiger partial charge in [0.2, 0.25) is 0 Å². The molecular formula is C32H32P+. The Balaban J connectivity index is 2.02. The van der Waals surface area contributed by atoms with Gasteiger partial charge in [0.25, 0.3) is 0 Å². The summed E-state index contributed by atoms with van der Waals surface area (Å²) in [6.45, 7) is 9.56. The highest BCUT2D eigenvalue weighted by Gasteiger charge is 2.59. The number of benzene rings is 4. The second kappa shape index (κ2) is 8.44. The number of rotatable bonds is 3. The lowest BCUT2D eigenvalue weighted by Crippen LogP contribution is -2.31. The van der Waals surface area contributed by atoms with Crippen molar-refractivity contribution in [3.63, 3.8) is 0 Å². The molecule has 33 heavy (non-hydrogen) atoms. The molecule has 1 aliphatic rings. The van der Waals surface area contributed by atoms with Crippen LogP contribution in [0.1, 0.15) is 44.7 Å². The van der Waals surface area contributed by atoms with Gasteiger partial charge in [-0.3, -0.25) is 0 Å². The van der Waals surface area contributed by atoms with Crippen LogP contribution in [0.15, 0.2) is 121 Å². The van der Waals surface area contributed by atoms with Crippen molar-refractivity contribution < 1.29 is 0 Å². The van der Waals surface area contributed by atoms with Crippen LogP contribution in [0.3, 0.4) is 0 Å². The molecule has 0 radical (unpaired) electrons. The van der Waals surface area contributed by atoms with Crippen molar-refractivity contribution in [2.45, 2.75) is 33.6 Å². The molecule has 0 amide bonds. The third-order valence-corrected chi connectivity index (χ3v) is 11.5. The average Bonchev–Trinajstić information content (AvgIpc) is 3.10. The molecule has 1 heteroatoms.